The molecule has 0 fully saturated rings. The summed E-state index contributed by atoms with van der Waals surface area (Å²) in [5.41, 5.74) is 0.905. The van der Waals surface area contributed by atoms with Crippen LogP contribution in [0.25, 0.3) is 17.4 Å². The maximum absolute atomic E-state index is 14.0. The second-order valence-corrected chi connectivity index (χ2v) is 11.2. The van der Waals surface area contributed by atoms with E-state index >= 15 is 0 Å². The molecule has 13 heteroatoms. The van der Waals surface area contributed by atoms with Gasteiger partial charge in [0.25, 0.3) is 11.2 Å². The zero-order valence-corrected chi connectivity index (χ0v) is 26.3. The number of allylic oxidation sites excluding steroid dienone is 1. The highest BCUT2D eigenvalue weighted by Gasteiger charge is 2.34. The fourth-order valence-corrected chi connectivity index (χ4v) is 6.04. The van der Waals surface area contributed by atoms with Gasteiger partial charge in [-0.05, 0) is 69.7 Å². The van der Waals surface area contributed by atoms with E-state index < -0.39 is 22.5 Å². The molecule has 45 heavy (non-hydrogen) atoms. The molecule has 0 radical (unpaired) electrons. The molecule has 0 amide bonds. The molecule has 234 valence electrons. The van der Waals surface area contributed by atoms with Crippen molar-refractivity contribution in [2.75, 3.05) is 20.8 Å². The number of esters is 1. The third-order valence-corrected chi connectivity index (χ3v) is 7.93. The van der Waals surface area contributed by atoms with Crippen molar-refractivity contribution in [3.8, 4) is 28.6 Å². The third-order valence-electron chi connectivity index (χ3n) is 6.95. The molecule has 1 aliphatic rings. The molecular weight excluding hydrogens is 602 g/mol. The van der Waals surface area contributed by atoms with E-state index in [0.29, 0.717) is 39.1 Å². The van der Waals surface area contributed by atoms with E-state index in [1.165, 1.54) is 24.9 Å². The molecule has 3 heterocycles. The van der Waals surface area contributed by atoms with Crippen LogP contribution < -0.4 is 29.1 Å². The van der Waals surface area contributed by atoms with Crippen LogP contribution >= 0.6 is 11.3 Å². The summed E-state index contributed by atoms with van der Waals surface area (Å²) in [7, 11) is 2.94. The van der Waals surface area contributed by atoms with Gasteiger partial charge in [0.2, 0.25) is 0 Å². The molecule has 0 saturated heterocycles. The number of nitro groups is 1. The predicted octanol–water partition coefficient (Wildman–Crippen LogP) is 4.77. The number of rotatable bonds is 10. The summed E-state index contributed by atoms with van der Waals surface area (Å²) < 4.78 is 29.6. The van der Waals surface area contributed by atoms with Crippen LogP contribution in [-0.2, 0) is 9.53 Å². The lowest BCUT2D eigenvalue weighted by atomic mass is 9.95. The van der Waals surface area contributed by atoms with Gasteiger partial charge in [-0.2, -0.15) is 0 Å². The topological polar surface area (TPSA) is 145 Å². The lowest BCUT2D eigenvalue weighted by Crippen LogP contribution is -2.40. The number of aromatic nitrogens is 1. The monoisotopic (exact) mass is 633 g/mol. The van der Waals surface area contributed by atoms with Gasteiger partial charge in [0.15, 0.2) is 16.3 Å². The molecule has 2 aromatic carbocycles. The van der Waals surface area contributed by atoms with Gasteiger partial charge in [-0.3, -0.25) is 19.5 Å². The van der Waals surface area contributed by atoms with Crippen molar-refractivity contribution in [2.24, 2.45) is 4.99 Å². The molecule has 1 atom stereocenters. The van der Waals surface area contributed by atoms with Crippen LogP contribution in [0.5, 0.6) is 17.2 Å². The number of fused-ring (bicyclic) bond motifs is 1. The number of nitrogens with zero attached hydrogens (tertiary/aromatic N) is 3. The summed E-state index contributed by atoms with van der Waals surface area (Å²) in [6.45, 7) is 7.35. The molecule has 0 bridgehead atoms. The fourth-order valence-electron chi connectivity index (χ4n) is 5.01. The van der Waals surface area contributed by atoms with Gasteiger partial charge in [0.05, 0.1) is 65.3 Å². The first-order valence-corrected chi connectivity index (χ1v) is 14.8. The number of carbonyl (C=O) groups excluding carboxylic acids is 1. The van der Waals surface area contributed by atoms with E-state index in [0.717, 1.165) is 11.3 Å². The van der Waals surface area contributed by atoms with Gasteiger partial charge in [-0.1, -0.05) is 17.4 Å². The molecule has 0 saturated carbocycles. The number of benzene rings is 2. The molecule has 0 unspecified atom stereocenters. The molecule has 0 spiro atoms. The van der Waals surface area contributed by atoms with Crippen LogP contribution in [0.1, 0.15) is 45.1 Å². The zero-order valence-electron chi connectivity index (χ0n) is 25.5. The molecule has 4 aromatic rings. The van der Waals surface area contributed by atoms with Crippen molar-refractivity contribution in [3.05, 3.63) is 101 Å². The Kier molecular flexibility index (Phi) is 8.91. The maximum atomic E-state index is 14.0. The minimum atomic E-state index is -0.862. The van der Waals surface area contributed by atoms with E-state index in [1.807, 2.05) is 13.8 Å². The SMILES string of the molecule is CCOC(=O)C1=C(C)N=c2s/c(=C/c3ccc(-c4ccc(OC)cc4[N+](=O)[O-])o3)c(=O)n2[C@H]1c1ccc(OC(C)C)c(OC)c1. The summed E-state index contributed by atoms with van der Waals surface area (Å²) in [5.74, 6) is 1.26. The molecular formula is C32H31N3O9S. The average molecular weight is 634 g/mol. The van der Waals surface area contributed by atoms with Crippen molar-refractivity contribution in [1.82, 2.24) is 4.57 Å². The minimum absolute atomic E-state index is 0.0994. The lowest BCUT2D eigenvalue weighted by molar-refractivity contribution is -0.384. The van der Waals surface area contributed by atoms with Crippen LogP contribution in [0.4, 0.5) is 5.69 Å². The van der Waals surface area contributed by atoms with Crippen LogP contribution in [0, 0.1) is 10.1 Å². The third kappa shape index (κ3) is 6.11. The molecule has 2 aromatic heterocycles. The summed E-state index contributed by atoms with van der Waals surface area (Å²) in [5, 5.41) is 11.7. The van der Waals surface area contributed by atoms with Gasteiger partial charge < -0.3 is 23.4 Å². The van der Waals surface area contributed by atoms with Gasteiger partial charge in [-0.15, -0.1) is 0 Å². The average Bonchev–Trinajstić information content (AvgIpc) is 3.60. The van der Waals surface area contributed by atoms with Crippen molar-refractivity contribution < 1.29 is 33.1 Å². The van der Waals surface area contributed by atoms with E-state index in [9.17, 15) is 19.7 Å². The molecule has 12 nitrogen and oxygen atoms in total. The van der Waals surface area contributed by atoms with Gasteiger partial charge in [-0.25, -0.2) is 9.79 Å². The Morgan fingerprint density at radius 1 is 1.13 bits per heavy atom. The molecule has 1 aliphatic heterocycles. The smallest absolute Gasteiger partial charge is 0.338 e. The first kappa shape index (κ1) is 31.3. The Morgan fingerprint density at radius 2 is 1.91 bits per heavy atom. The van der Waals surface area contributed by atoms with Crippen LogP contribution in [0.2, 0.25) is 0 Å². The zero-order chi connectivity index (χ0) is 32.4. The Balaban J connectivity index is 1.64. The first-order chi connectivity index (χ1) is 21.6. The Labute approximate surface area is 261 Å². The number of nitro benzene ring substituents is 1. The number of hydrogen-bond donors (Lipinski definition) is 0. The number of furan rings is 1. The number of ether oxygens (including phenoxy) is 4. The largest absolute Gasteiger partial charge is 0.497 e. The summed E-state index contributed by atoms with van der Waals surface area (Å²) in [6, 6.07) is 12.1. The molecule has 0 N–H and O–H groups in total. The fraction of sp³-hybridized carbons (Fsp3) is 0.281. The number of thiazole rings is 1. The van der Waals surface area contributed by atoms with Gasteiger partial charge >= 0.3 is 5.97 Å². The van der Waals surface area contributed by atoms with E-state index in [4.69, 9.17) is 23.4 Å². The molecule has 5 rings (SSSR count). The lowest BCUT2D eigenvalue weighted by Gasteiger charge is -2.25. The highest BCUT2D eigenvalue weighted by Crippen LogP contribution is 2.37. The first-order valence-electron chi connectivity index (χ1n) is 14.0. The summed E-state index contributed by atoms with van der Waals surface area (Å²) in [6.07, 6.45) is 1.45. The van der Waals surface area contributed by atoms with Crippen LogP contribution in [0.15, 0.2) is 74.0 Å². The quantitative estimate of drug-likeness (QED) is 0.137. The van der Waals surface area contributed by atoms with Crippen molar-refractivity contribution in [1.29, 1.82) is 0 Å². The summed E-state index contributed by atoms with van der Waals surface area (Å²) >= 11 is 1.13. The second kappa shape index (κ2) is 12.8. The van der Waals surface area contributed by atoms with Crippen molar-refractivity contribution in [2.45, 2.75) is 39.8 Å². The number of hydrogen-bond acceptors (Lipinski definition) is 11. The minimum Gasteiger partial charge on any atom is -0.497 e. The van der Waals surface area contributed by atoms with E-state index in [2.05, 4.69) is 4.99 Å². The van der Waals surface area contributed by atoms with Gasteiger partial charge in [0, 0.05) is 6.08 Å². The number of methoxy groups -OCH3 is 2. The van der Waals surface area contributed by atoms with Crippen LogP contribution in [-0.4, -0.2) is 42.4 Å². The Bertz CT molecular complexity index is 2000. The number of carbonyl (C=O) groups is 1. The normalized spacial score (nSPS) is 14.6. The maximum Gasteiger partial charge on any atom is 0.338 e. The summed E-state index contributed by atoms with van der Waals surface area (Å²) in [4.78, 5) is 43.4. The van der Waals surface area contributed by atoms with E-state index in [-0.39, 0.29) is 39.8 Å². The Hall–Kier alpha value is -5.17. The highest BCUT2D eigenvalue weighted by molar-refractivity contribution is 7.07. The Morgan fingerprint density at radius 3 is 2.58 bits per heavy atom. The standard InChI is InChI=1S/C32H31N3O9S/c1-7-42-31(37)28-18(4)33-32-34(29(28)19-8-12-25(43-17(2)3)26(14-19)41-6)30(36)27(45-32)16-21-10-13-24(44-21)22-11-9-20(40-5)15-23(22)35(38)39/h8-17,29H,7H2,1-6H3/b27-16+/t29-/m0/s1. The van der Waals surface area contributed by atoms with Gasteiger partial charge in [0.1, 0.15) is 17.3 Å². The van der Waals surface area contributed by atoms with Crippen LogP contribution in [0.3, 0.4) is 0 Å². The highest BCUT2D eigenvalue weighted by atomic mass is 32.1. The van der Waals surface area contributed by atoms with Crippen molar-refractivity contribution >= 4 is 29.1 Å². The predicted molar refractivity (Wildman–Crippen MR) is 167 cm³/mol. The van der Waals surface area contributed by atoms with Crippen molar-refractivity contribution in [3.63, 3.8) is 0 Å². The van der Waals surface area contributed by atoms with E-state index in [1.54, 1.807) is 62.4 Å². The molecule has 0 aliphatic carbocycles. The second-order valence-electron chi connectivity index (χ2n) is 10.2.